The molecule has 112 valence electrons. The summed E-state index contributed by atoms with van der Waals surface area (Å²) in [5.41, 5.74) is 1.72. The van der Waals surface area contributed by atoms with Crippen LogP contribution in [-0.2, 0) is 6.42 Å². The van der Waals surface area contributed by atoms with Gasteiger partial charge in [-0.3, -0.25) is 4.90 Å². The molecule has 1 aromatic carbocycles. The lowest BCUT2D eigenvalue weighted by molar-refractivity contribution is 0.0499. The number of nitrogens with zero attached hydrogens (tertiary/aromatic N) is 1. The number of hydrogen-bond acceptors (Lipinski definition) is 2. The van der Waals surface area contributed by atoms with Crippen molar-refractivity contribution in [1.29, 1.82) is 0 Å². The summed E-state index contributed by atoms with van der Waals surface area (Å²) in [6, 6.07) is 12.2. The van der Waals surface area contributed by atoms with Gasteiger partial charge in [-0.1, -0.05) is 44.2 Å². The molecule has 1 heterocycles. The summed E-state index contributed by atoms with van der Waals surface area (Å²) in [4.78, 5) is 2.73. The van der Waals surface area contributed by atoms with Crippen molar-refractivity contribution in [3.63, 3.8) is 0 Å². The number of piperazine rings is 1. The second-order valence-electron chi connectivity index (χ2n) is 6.57. The molecule has 2 nitrogen and oxygen atoms in total. The molecule has 2 rings (SSSR count). The van der Waals surface area contributed by atoms with E-state index >= 15 is 0 Å². The monoisotopic (exact) mass is 274 g/mol. The van der Waals surface area contributed by atoms with Gasteiger partial charge in [-0.05, 0) is 38.7 Å². The van der Waals surface area contributed by atoms with Gasteiger partial charge in [-0.15, -0.1) is 0 Å². The van der Waals surface area contributed by atoms with Crippen LogP contribution in [0.3, 0.4) is 0 Å². The average Bonchev–Trinajstić information content (AvgIpc) is 2.48. The van der Waals surface area contributed by atoms with E-state index in [-0.39, 0.29) is 5.54 Å². The lowest BCUT2D eigenvalue weighted by atomic mass is 9.90. The topological polar surface area (TPSA) is 15.3 Å². The molecule has 0 radical (unpaired) electrons. The third-order valence-electron chi connectivity index (χ3n) is 4.96. The summed E-state index contributed by atoms with van der Waals surface area (Å²) >= 11 is 0. The lowest BCUT2D eigenvalue weighted by Crippen LogP contribution is -2.64. The Bertz CT molecular complexity index is 403. The van der Waals surface area contributed by atoms with Gasteiger partial charge in [0.1, 0.15) is 0 Å². The van der Waals surface area contributed by atoms with Crippen molar-refractivity contribution in [3.05, 3.63) is 35.9 Å². The zero-order valence-electron chi connectivity index (χ0n) is 13.5. The molecule has 1 aliphatic rings. The third-order valence-corrected chi connectivity index (χ3v) is 4.96. The molecule has 1 N–H and O–H groups in total. The van der Waals surface area contributed by atoms with Crippen LogP contribution in [0.2, 0.25) is 0 Å². The van der Waals surface area contributed by atoms with Crippen LogP contribution in [0, 0.1) is 0 Å². The van der Waals surface area contributed by atoms with Crippen LogP contribution in [0.1, 0.15) is 46.1 Å². The summed E-state index contributed by atoms with van der Waals surface area (Å²) in [7, 11) is 0. The first kappa shape index (κ1) is 15.5. The molecular weight excluding hydrogens is 244 g/mol. The number of hydrogen-bond donors (Lipinski definition) is 1. The van der Waals surface area contributed by atoms with Crippen molar-refractivity contribution in [2.75, 3.05) is 13.1 Å². The van der Waals surface area contributed by atoms with E-state index < -0.39 is 0 Å². The van der Waals surface area contributed by atoms with E-state index in [0.717, 1.165) is 19.5 Å². The maximum absolute atomic E-state index is 3.75. The molecule has 3 atom stereocenters. The van der Waals surface area contributed by atoms with Crippen LogP contribution in [-0.4, -0.2) is 35.6 Å². The van der Waals surface area contributed by atoms with Gasteiger partial charge in [0.2, 0.25) is 0 Å². The van der Waals surface area contributed by atoms with Crippen LogP contribution >= 0.6 is 0 Å². The Kier molecular flexibility index (Phi) is 5.22. The fourth-order valence-electron chi connectivity index (χ4n) is 3.27. The average molecular weight is 274 g/mol. The van der Waals surface area contributed by atoms with Gasteiger partial charge < -0.3 is 5.32 Å². The molecule has 0 saturated carbocycles. The van der Waals surface area contributed by atoms with Crippen molar-refractivity contribution in [2.24, 2.45) is 0 Å². The summed E-state index contributed by atoms with van der Waals surface area (Å²) in [6.45, 7) is 11.6. The van der Waals surface area contributed by atoms with E-state index in [0.29, 0.717) is 12.1 Å². The van der Waals surface area contributed by atoms with Gasteiger partial charge in [0.25, 0.3) is 0 Å². The molecule has 0 aromatic heterocycles. The molecule has 0 spiro atoms. The fraction of sp³-hybridized carbons (Fsp3) is 0.667. The predicted molar refractivity (Wildman–Crippen MR) is 87.1 cm³/mol. The van der Waals surface area contributed by atoms with Crippen LogP contribution in [0.4, 0.5) is 0 Å². The van der Waals surface area contributed by atoms with Crippen LogP contribution in [0.15, 0.2) is 30.3 Å². The molecule has 0 amide bonds. The molecule has 0 aliphatic carbocycles. The Morgan fingerprint density at radius 1 is 1.30 bits per heavy atom. The Morgan fingerprint density at radius 3 is 2.60 bits per heavy atom. The minimum Gasteiger partial charge on any atom is -0.309 e. The van der Waals surface area contributed by atoms with E-state index in [1.54, 1.807) is 0 Å². The predicted octanol–water partition coefficient (Wildman–Crippen LogP) is 3.47. The Labute approximate surface area is 124 Å². The Morgan fingerprint density at radius 2 is 2.00 bits per heavy atom. The standard InChI is InChI=1S/C18H30N2/c1-5-17-13-19-18(4,6-2)14-20(17)15(3)12-16-10-8-7-9-11-16/h7-11,15,17,19H,5-6,12-14H2,1-4H3. The van der Waals surface area contributed by atoms with Crippen molar-refractivity contribution >= 4 is 0 Å². The SMILES string of the molecule is CCC1CNC(C)(CC)CN1C(C)Cc1ccccc1. The summed E-state index contributed by atoms with van der Waals surface area (Å²) in [6.07, 6.45) is 3.57. The third kappa shape index (κ3) is 3.62. The van der Waals surface area contributed by atoms with Crippen molar-refractivity contribution < 1.29 is 0 Å². The van der Waals surface area contributed by atoms with Crippen LogP contribution in [0.5, 0.6) is 0 Å². The van der Waals surface area contributed by atoms with Crippen molar-refractivity contribution in [2.45, 2.75) is 64.6 Å². The van der Waals surface area contributed by atoms with Crippen LogP contribution in [0.25, 0.3) is 0 Å². The molecule has 20 heavy (non-hydrogen) atoms. The largest absolute Gasteiger partial charge is 0.309 e. The zero-order valence-corrected chi connectivity index (χ0v) is 13.5. The van der Waals surface area contributed by atoms with Gasteiger partial charge in [-0.2, -0.15) is 0 Å². The van der Waals surface area contributed by atoms with E-state index in [2.05, 4.69) is 68.2 Å². The second-order valence-corrected chi connectivity index (χ2v) is 6.57. The van der Waals surface area contributed by atoms with Gasteiger partial charge in [-0.25, -0.2) is 0 Å². The minimum atomic E-state index is 0.274. The Balaban J connectivity index is 2.06. The molecule has 0 bridgehead atoms. The van der Waals surface area contributed by atoms with Gasteiger partial charge in [0, 0.05) is 30.7 Å². The first-order chi connectivity index (χ1) is 9.58. The number of benzene rings is 1. The molecule has 1 fully saturated rings. The molecule has 1 saturated heterocycles. The summed E-state index contributed by atoms with van der Waals surface area (Å²) < 4.78 is 0. The first-order valence-corrected chi connectivity index (χ1v) is 8.12. The summed E-state index contributed by atoms with van der Waals surface area (Å²) in [5, 5.41) is 3.75. The molecular formula is C18H30N2. The van der Waals surface area contributed by atoms with Gasteiger partial charge >= 0.3 is 0 Å². The smallest absolute Gasteiger partial charge is 0.0278 e. The van der Waals surface area contributed by atoms with Crippen molar-refractivity contribution in [3.8, 4) is 0 Å². The van der Waals surface area contributed by atoms with E-state index in [1.165, 1.54) is 18.4 Å². The lowest BCUT2D eigenvalue weighted by Gasteiger charge is -2.48. The normalized spacial score (nSPS) is 29.3. The molecule has 3 unspecified atom stereocenters. The second kappa shape index (κ2) is 6.73. The quantitative estimate of drug-likeness (QED) is 0.884. The van der Waals surface area contributed by atoms with Crippen LogP contribution < -0.4 is 5.32 Å². The maximum Gasteiger partial charge on any atom is 0.0278 e. The summed E-state index contributed by atoms with van der Waals surface area (Å²) in [5.74, 6) is 0. The van der Waals surface area contributed by atoms with Gasteiger partial charge in [0.15, 0.2) is 0 Å². The molecule has 1 aromatic rings. The van der Waals surface area contributed by atoms with E-state index in [9.17, 15) is 0 Å². The number of rotatable bonds is 5. The number of nitrogens with one attached hydrogen (secondary N) is 1. The highest BCUT2D eigenvalue weighted by atomic mass is 15.3. The Hall–Kier alpha value is -0.860. The highest BCUT2D eigenvalue weighted by Crippen LogP contribution is 2.23. The highest BCUT2D eigenvalue weighted by Gasteiger charge is 2.35. The maximum atomic E-state index is 3.75. The van der Waals surface area contributed by atoms with E-state index in [4.69, 9.17) is 0 Å². The zero-order chi connectivity index (χ0) is 14.6. The first-order valence-electron chi connectivity index (χ1n) is 8.12. The minimum absolute atomic E-state index is 0.274. The van der Waals surface area contributed by atoms with E-state index in [1.807, 2.05) is 0 Å². The molecule has 1 aliphatic heterocycles. The van der Waals surface area contributed by atoms with Crippen molar-refractivity contribution in [1.82, 2.24) is 10.2 Å². The fourth-order valence-corrected chi connectivity index (χ4v) is 3.27. The highest BCUT2D eigenvalue weighted by molar-refractivity contribution is 5.16. The molecule has 2 heteroatoms. The van der Waals surface area contributed by atoms with Gasteiger partial charge in [0.05, 0.1) is 0 Å².